The fourth-order valence-electron chi connectivity index (χ4n) is 9.88. The summed E-state index contributed by atoms with van der Waals surface area (Å²) < 4.78 is 5.05. The third-order valence-electron chi connectivity index (χ3n) is 12.8. The molecule has 0 aliphatic rings. The Balaban J connectivity index is 0.958. The van der Waals surface area contributed by atoms with Crippen molar-refractivity contribution >= 4 is 81.1 Å². The molecular formula is C60H42N2S. The lowest BCUT2D eigenvalue weighted by Gasteiger charge is -2.29. The zero-order valence-corrected chi connectivity index (χ0v) is 35.9. The number of fused-ring (bicyclic) bond motifs is 7. The molecular weight excluding hydrogens is 781 g/mol. The van der Waals surface area contributed by atoms with Crippen LogP contribution in [0, 0.1) is 13.8 Å². The van der Waals surface area contributed by atoms with Crippen molar-refractivity contribution in [2.45, 2.75) is 13.8 Å². The normalized spacial score (nSPS) is 11.7. The van der Waals surface area contributed by atoms with E-state index in [4.69, 9.17) is 0 Å². The largest absolute Gasteiger partial charge is 0.310 e. The number of aryl methyl sites for hydroxylation is 2. The SMILES string of the molecule is Cc1cc(-c2cccc(-n3c4ccccc4c4ccccc43)c2)cc(C)c1N(c1ccc(-c2ccc3sc4ccccc4c3c2)cc1)c1ccc(-c2cccc3ccccc23)cc1. The van der Waals surface area contributed by atoms with Gasteiger partial charge in [-0.1, -0.05) is 140 Å². The van der Waals surface area contributed by atoms with Crippen LogP contribution in [0.1, 0.15) is 11.1 Å². The Hall–Kier alpha value is -7.72. The first-order valence-corrected chi connectivity index (χ1v) is 22.5. The number of benzene rings is 10. The third kappa shape index (κ3) is 6.31. The van der Waals surface area contributed by atoms with Gasteiger partial charge in [0.05, 0.1) is 16.7 Å². The second-order valence-corrected chi connectivity index (χ2v) is 17.7. The van der Waals surface area contributed by atoms with E-state index in [2.05, 4.69) is 242 Å². The minimum atomic E-state index is 1.12. The van der Waals surface area contributed by atoms with E-state index in [0.717, 1.165) is 17.1 Å². The summed E-state index contributed by atoms with van der Waals surface area (Å²) in [5.41, 5.74) is 16.7. The first-order chi connectivity index (χ1) is 31.1. The second-order valence-electron chi connectivity index (χ2n) is 16.6. The molecule has 12 aromatic rings. The molecule has 0 saturated heterocycles. The van der Waals surface area contributed by atoms with Crippen LogP contribution in [0.5, 0.6) is 0 Å². The van der Waals surface area contributed by atoms with E-state index in [1.165, 1.54) is 103 Å². The molecule has 63 heavy (non-hydrogen) atoms. The maximum atomic E-state index is 2.44. The molecule has 0 aliphatic heterocycles. The molecule has 298 valence electrons. The van der Waals surface area contributed by atoms with Gasteiger partial charge in [0.15, 0.2) is 0 Å². The quantitative estimate of drug-likeness (QED) is 0.155. The van der Waals surface area contributed by atoms with Gasteiger partial charge < -0.3 is 9.47 Å². The number of para-hydroxylation sites is 2. The first-order valence-electron chi connectivity index (χ1n) is 21.7. The Kier molecular flexibility index (Phi) is 8.84. The molecule has 0 fully saturated rings. The van der Waals surface area contributed by atoms with Gasteiger partial charge in [-0.25, -0.2) is 0 Å². The fraction of sp³-hybridized carbons (Fsp3) is 0.0333. The van der Waals surface area contributed by atoms with Gasteiger partial charge in [-0.15, -0.1) is 11.3 Å². The summed E-state index contributed by atoms with van der Waals surface area (Å²) in [5, 5.41) is 7.69. The van der Waals surface area contributed by atoms with Crippen molar-refractivity contribution in [1.82, 2.24) is 4.57 Å². The Morgan fingerprint density at radius 1 is 0.365 bits per heavy atom. The summed E-state index contributed by atoms with van der Waals surface area (Å²) in [7, 11) is 0. The molecule has 3 heteroatoms. The minimum absolute atomic E-state index is 1.12. The highest BCUT2D eigenvalue weighted by molar-refractivity contribution is 7.25. The highest BCUT2D eigenvalue weighted by Crippen LogP contribution is 2.43. The summed E-state index contributed by atoms with van der Waals surface area (Å²) >= 11 is 1.86. The Bertz CT molecular complexity index is 3620. The van der Waals surface area contributed by atoms with Crippen molar-refractivity contribution in [3.8, 4) is 39.1 Å². The van der Waals surface area contributed by atoms with Crippen LogP contribution >= 0.6 is 11.3 Å². The molecule has 2 heterocycles. The molecule has 0 bridgehead atoms. The minimum Gasteiger partial charge on any atom is -0.310 e. The molecule has 0 unspecified atom stereocenters. The zero-order valence-electron chi connectivity index (χ0n) is 35.1. The molecule has 10 aromatic carbocycles. The zero-order chi connectivity index (χ0) is 42.0. The predicted molar refractivity (Wildman–Crippen MR) is 272 cm³/mol. The second kappa shape index (κ2) is 15.0. The standard InChI is InChI=1S/C60H42N2S/c1-39-35-46(44-15-11-16-49(37-44)62-56-22-8-5-18-52(56)53-19-6-9-23-57(53)62)36-40(2)60(39)61(48-32-27-43(28-33-48)51-21-12-14-42-13-3-4-17-50(42)51)47-30-25-41(26-31-47)45-29-34-59-55(38-45)54-20-7-10-24-58(54)63-59/h3-38H,1-2H3. The lowest BCUT2D eigenvalue weighted by atomic mass is 9.96. The Morgan fingerprint density at radius 2 is 0.905 bits per heavy atom. The van der Waals surface area contributed by atoms with Gasteiger partial charge in [-0.3, -0.25) is 0 Å². The van der Waals surface area contributed by atoms with E-state index in [1.54, 1.807) is 0 Å². The van der Waals surface area contributed by atoms with Crippen molar-refractivity contribution in [2.75, 3.05) is 4.90 Å². The first kappa shape index (κ1) is 37.1. The van der Waals surface area contributed by atoms with Gasteiger partial charge in [-0.05, 0) is 148 Å². The lowest BCUT2D eigenvalue weighted by Crippen LogP contribution is -2.13. The monoisotopic (exact) mass is 822 g/mol. The molecule has 0 aliphatic carbocycles. The molecule has 0 radical (unpaired) electrons. The predicted octanol–water partition coefficient (Wildman–Crippen LogP) is 17.4. The van der Waals surface area contributed by atoms with E-state index in [1.807, 2.05) is 11.3 Å². The van der Waals surface area contributed by atoms with Crippen LogP contribution in [-0.2, 0) is 0 Å². The van der Waals surface area contributed by atoms with Crippen LogP contribution in [-0.4, -0.2) is 4.57 Å². The molecule has 0 saturated carbocycles. The van der Waals surface area contributed by atoms with Gasteiger partial charge >= 0.3 is 0 Å². The summed E-state index contributed by atoms with van der Waals surface area (Å²) in [5.74, 6) is 0. The Labute approximate surface area is 371 Å². The highest BCUT2D eigenvalue weighted by atomic mass is 32.1. The Morgan fingerprint density at radius 3 is 1.62 bits per heavy atom. The molecule has 2 aromatic heterocycles. The highest BCUT2D eigenvalue weighted by Gasteiger charge is 2.20. The number of hydrogen-bond acceptors (Lipinski definition) is 2. The van der Waals surface area contributed by atoms with Crippen molar-refractivity contribution < 1.29 is 0 Å². The van der Waals surface area contributed by atoms with Crippen LogP contribution in [0.2, 0.25) is 0 Å². The summed E-state index contributed by atoms with van der Waals surface area (Å²) in [4.78, 5) is 2.44. The van der Waals surface area contributed by atoms with Crippen LogP contribution in [0.4, 0.5) is 17.1 Å². The molecule has 0 N–H and O–H groups in total. The topological polar surface area (TPSA) is 8.17 Å². The van der Waals surface area contributed by atoms with E-state index in [0.29, 0.717) is 0 Å². The van der Waals surface area contributed by atoms with Gasteiger partial charge in [0.25, 0.3) is 0 Å². The molecule has 0 atom stereocenters. The van der Waals surface area contributed by atoms with Crippen molar-refractivity contribution in [2.24, 2.45) is 0 Å². The number of rotatable bonds is 7. The van der Waals surface area contributed by atoms with Crippen molar-refractivity contribution in [3.05, 3.63) is 230 Å². The van der Waals surface area contributed by atoms with Gasteiger partial charge in [0.2, 0.25) is 0 Å². The smallest absolute Gasteiger partial charge is 0.0541 e. The van der Waals surface area contributed by atoms with Crippen LogP contribution in [0.25, 0.3) is 91.8 Å². The van der Waals surface area contributed by atoms with E-state index in [9.17, 15) is 0 Å². The van der Waals surface area contributed by atoms with Crippen molar-refractivity contribution in [3.63, 3.8) is 0 Å². The molecule has 0 spiro atoms. The average molecular weight is 823 g/mol. The molecule has 0 amide bonds. The molecule has 2 nitrogen and oxygen atoms in total. The van der Waals surface area contributed by atoms with Gasteiger partial charge in [-0.2, -0.15) is 0 Å². The third-order valence-corrected chi connectivity index (χ3v) is 13.9. The molecule has 12 rings (SSSR count). The maximum Gasteiger partial charge on any atom is 0.0541 e. The number of hydrogen-bond donors (Lipinski definition) is 0. The summed E-state index contributed by atoms with van der Waals surface area (Å²) in [6, 6.07) is 80.2. The van der Waals surface area contributed by atoms with Crippen LogP contribution in [0.15, 0.2) is 218 Å². The number of aromatic nitrogens is 1. The number of nitrogens with zero attached hydrogens (tertiary/aromatic N) is 2. The van der Waals surface area contributed by atoms with Crippen LogP contribution < -0.4 is 4.90 Å². The van der Waals surface area contributed by atoms with Crippen LogP contribution in [0.3, 0.4) is 0 Å². The number of thiophene rings is 1. The summed E-state index contributed by atoms with van der Waals surface area (Å²) in [6.07, 6.45) is 0. The van der Waals surface area contributed by atoms with E-state index in [-0.39, 0.29) is 0 Å². The van der Waals surface area contributed by atoms with E-state index < -0.39 is 0 Å². The van der Waals surface area contributed by atoms with Gasteiger partial charge in [0, 0.05) is 48.0 Å². The summed E-state index contributed by atoms with van der Waals surface area (Å²) in [6.45, 7) is 4.52. The lowest BCUT2D eigenvalue weighted by molar-refractivity contribution is 1.18. The van der Waals surface area contributed by atoms with Crippen molar-refractivity contribution in [1.29, 1.82) is 0 Å². The maximum absolute atomic E-state index is 2.44. The van der Waals surface area contributed by atoms with Gasteiger partial charge in [0.1, 0.15) is 0 Å². The van der Waals surface area contributed by atoms with E-state index >= 15 is 0 Å². The number of anilines is 3. The average Bonchev–Trinajstić information content (AvgIpc) is 3.88. The fourth-order valence-corrected chi connectivity index (χ4v) is 11.0.